The molecule has 2 N–H and O–H groups in total. The van der Waals surface area contributed by atoms with Crippen molar-refractivity contribution in [2.24, 2.45) is 5.92 Å². The average Bonchev–Trinajstić information content (AvgIpc) is 2.44. The molecule has 1 aromatic carbocycles. The quantitative estimate of drug-likeness (QED) is 0.681. The zero-order chi connectivity index (χ0) is 16.7. The number of carboxylic acid groups (broad SMARTS) is 1. The smallest absolute Gasteiger partial charge is 0.304 e. The van der Waals surface area contributed by atoms with Crippen molar-refractivity contribution in [3.05, 3.63) is 34.9 Å². The van der Waals surface area contributed by atoms with Gasteiger partial charge >= 0.3 is 5.97 Å². The molecule has 1 aromatic rings. The number of rotatable bonds is 9. The van der Waals surface area contributed by atoms with Gasteiger partial charge in [0.2, 0.25) is 0 Å². The molecule has 0 bridgehead atoms. The summed E-state index contributed by atoms with van der Waals surface area (Å²) in [7, 11) is 0. The predicted octanol–water partition coefficient (Wildman–Crippen LogP) is 1.89. The largest absolute Gasteiger partial charge is 0.481 e. The first-order valence-corrected chi connectivity index (χ1v) is 7.55. The number of benzene rings is 1. The number of aliphatic hydroxyl groups excluding tert-OH is 1. The first-order valence-electron chi connectivity index (χ1n) is 7.55. The van der Waals surface area contributed by atoms with Crippen LogP contribution < -0.4 is 0 Å². The number of aryl methyl sites for hydroxylation is 2. The lowest BCUT2D eigenvalue weighted by Gasteiger charge is -2.24. The van der Waals surface area contributed by atoms with Crippen LogP contribution in [0.5, 0.6) is 0 Å². The predicted molar refractivity (Wildman–Crippen MR) is 85.2 cm³/mol. The normalized spacial score (nSPS) is 12.4. The van der Waals surface area contributed by atoms with Crippen LogP contribution in [0.4, 0.5) is 0 Å². The molecule has 0 saturated heterocycles. The van der Waals surface area contributed by atoms with Crippen molar-refractivity contribution in [3.63, 3.8) is 0 Å². The average molecular weight is 307 g/mol. The minimum Gasteiger partial charge on any atom is -0.481 e. The molecular formula is C17H25NO4. The topological polar surface area (TPSA) is 77.8 Å². The van der Waals surface area contributed by atoms with E-state index >= 15 is 0 Å². The molecule has 5 heteroatoms. The van der Waals surface area contributed by atoms with Crippen molar-refractivity contribution in [2.45, 2.75) is 27.2 Å². The number of aliphatic hydroxyl groups is 1. The van der Waals surface area contributed by atoms with Crippen molar-refractivity contribution in [1.82, 2.24) is 4.90 Å². The molecular weight excluding hydrogens is 282 g/mol. The summed E-state index contributed by atoms with van der Waals surface area (Å²) in [5, 5.41) is 18.1. The number of nitrogens with zero attached hydrogens (tertiary/aromatic N) is 1. The van der Waals surface area contributed by atoms with Gasteiger partial charge in [-0.3, -0.25) is 9.59 Å². The number of carbonyl (C=O) groups excluding carboxylic acids is 1. The summed E-state index contributed by atoms with van der Waals surface area (Å²) in [5.74, 6) is -1.73. The van der Waals surface area contributed by atoms with E-state index in [1.807, 2.05) is 37.8 Å². The van der Waals surface area contributed by atoms with Gasteiger partial charge in [-0.2, -0.15) is 0 Å². The number of likely N-dealkylation sites (N-methyl/N-ethyl adjacent to an activating group) is 1. The van der Waals surface area contributed by atoms with E-state index in [4.69, 9.17) is 10.2 Å². The number of aliphatic carboxylic acids is 1. The molecule has 122 valence electrons. The van der Waals surface area contributed by atoms with E-state index in [9.17, 15) is 9.59 Å². The highest BCUT2D eigenvalue weighted by Gasteiger charge is 2.26. The maximum atomic E-state index is 12.7. The van der Waals surface area contributed by atoms with Gasteiger partial charge in [-0.05, 0) is 26.0 Å². The summed E-state index contributed by atoms with van der Waals surface area (Å²) in [5.41, 5.74) is 2.52. The second kappa shape index (κ2) is 8.66. The van der Waals surface area contributed by atoms with Crippen molar-refractivity contribution < 1.29 is 19.8 Å². The minimum atomic E-state index is -0.983. The van der Waals surface area contributed by atoms with E-state index in [-0.39, 0.29) is 18.8 Å². The van der Waals surface area contributed by atoms with Gasteiger partial charge in [-0.1, -0.05) is 30.7 Å². The van der Waals surface area contributed by atoms with Crippen molar-refractivity contribution >= 4 is 11.8 Å². The van der Waals surface area contributed by atoms with Crippen molar-refractivity contribution in [3.8, 4) is 0 Å². The summed E-state index contributed by atoms with van der Waals surface area (Å²) >= 11 is 0. The number of Topliss-reactive ketones (excluding diaryl/α,β-unsaturated/α-hetero) is 1. The zero-order valence-corrected chi connectivity index (χ0v) is 13.5. The van der Waals surface area contributed by atoms with E-state index in [0.717, 1.165) is 11.1 Å². The molecule has 0 spiro atoms. The Balaban J connectivity index is 2.99. The van der Waals surface area contributed by atoms with E-state index in [0.29, 0.717) is 25.2 Å². The van der Waals surface area contributed by atoms with Crippen LogP contribution in [-0.2, 0) is 4.79 Å². The fourth-order valence-corrected chi connectivity index (χ4v) is 2.59. The van der Waals surface area contributed by atoms with Crippen molar-refractivity contribution in [1.29, 1.82) is 0 Å². The van der Waals surface area contributed by atoms with Crippen LogP contribution in [0.15, 0.2) is 18.2 Å². The van der Waals surface area contributed by atoms with Gasteiger partial charge in [0.1, 0.15) is 0 Å². The molecule has 0 aliphatic heterocycles. The number of carbonyl (C=O) groups is 2. The highest BCUT2D eigenvalue weighted by Crippen LogP contribution is 2.19. The molecule has 0 fully saturated rings. The van der Waals surface area contributed by atoms with Crippen LogP contribution in [0.25, 0.3) is 0 Å². The maximum absolute atomic E-state index is 12.7. The fourth-order valence-electron chi connectivity index (χ4n) is 2.59. The van der Waals surface area contributed by atoms with E-state index in [1.54, 1.807) is 6.07 Å². The first-order chi connectivity index (χ1) is 10.4. The lowest BCUT2D eigenvalue weighted by Crippen LogP contribution is -2.36. The third-order valence-corrected chi connectivity index (χ3v) is 3.78. The molecule has 0 radical (unpaired) electrons. The molecule has 1 unspecified atom stereocenters. The highest BCUT2D eigenvalue weighted by atomic mass is 16.4. The minimum absolute atomic E-state index is 0.00855. The Morgan fingerprint density at radius 1 is 1.27 bits per heavy atom. The summed E-state index contributed by atoms with van der Waals surface area (Å²) in [6.45, 7) is 7.18. The van der Waals surface area contributed by atoms with Crippen LogP contribution in [-0.4, -0.2) is 53.1 Å². The van der Waals surface area contributed by atoms with E-state index in [1.165, 1.54) is 0 Å². The van der Waals surface area contributed by atoms with Gasteiger partial charge in [-0.25, -0.2) is 0 Å². The Labute approximate surface area is 131 Å². The lowest BCUT2D eigenvalue weighted by atomic mass is 9.91. The third kappa shape index (κ3) is 5.24. The number of carboxylic acids is 1. The Kier molecular flexibility index (Phi) is 7.21. The van der Waals surface area contributed by atoms with Gasteiger partial charge in [0.05, 0.1) is 13.0 Å². The number of hydrogen-bond acceptors (Lipinski definition) is 4. The van der Waals surface area contributed by atoms with E-state index < -0.39 is 11.9 Å². The van der Waals surface area contributed by atoms with E-state index in [2.05, 4.69) is 0 Å². The summed E-state index contributed by atoms with van der Waals surface area (Å²) < 4.78 is 0. The molecule has 0 saturated carbocycles. The fraction of sp³-hybridized carbons (Fsp3) is 0.529. The van der Waals surface area contributed by atoms with Crippen LogP contribution in [0.2, 0.25) is 0 Å². The Morgan fingerprint density at radius 3 is 2.45 bits per heavy atom. The van der Waals surface area contributed by atoms with Crippen LogP contribution in [0, 0.1) is 19.8 Å². The molecule has 0 amide bonds. The second-order valence-electron chi connectivity index (χ2n) is 5.59. The SMILES string of the molecule is CCN(CCO)CC(CC(=O)O)C(=O)c1ccc(C)cc1C. The second-order valence-corrected chi connectivity index (χ2v) is 5.59. The monoisotopic (exact) mass is 307 g/mol. The molecule has 5 nitrogen and oxygen atoms in total. The Bertz CT molecular complexity index is 527. The molecule has 22 heavy (non-hydrogen) atoms. The zero-order valence-electron chi connectivity index (χ0n) is 13.5. The molecule has 0 aromatic heterocycles. The third-order valence-electron chi connectivity index (χ3n) is 3.78. The summed E-state index contributed by atoms with van der Waals surface area (Å²) in [6, 6.07) is 5.56. The summed E-state index contributed by atoms with van der Waals surface area (Å²) in [6.07, 6.45) is -0.200. The maximum Gasteiger partial charge on any atom is 0.304 e. The molecule has 0 heterocycles. The van der Waals surface area contributed by atoms with Gasteiger partial charge in [0, 0.05) is 24.6 Å². The molecule has 0 aliphatic carbocycles. The molecule has 1 rings (SSSR count). The van der Waals surface area contributed by atoms with Gasteiger partial charge in [0.25, 0.3) is 0 Å². The van der Waals surface area contributed by atoms with Crippen molar-refractivity contribution in [2.75, 3.05) is 26.2 Å². The Hall–Kier alpha value is -1.72. The number of hydrogen-bond donors (Lipinski definition) is 2. The highest BCUT2D eigenvalue weighted by molar-refractivity contribution is 6.00. The first kappa shape index (κ1) is 18.3. The molecule has 1 atom stereocenters. The number of ketones is 1. The van der Waals surface area contributed by atoms with Crippen LogP contribution in [0.3, 0.4) is 0 Å². The van der Waals surface area contributed by atoms with Gasteiger partial charge in [0.15, 0.2) is 5.78 Å². The lowest BCUT2D eigenvalue weighted by molar-refractivity contribution is -0.137. The summed E-state index contributed by atoms with van der Waals surface area (Å²) in [4.78, 5) is 25.7. The van der Waals surface area contributed by atoms with Crippen LogP contribution in [0.1, 0.15) is 34.8 Å². The van der Waals surface area contributed by atoms with Gasteiger partial charge < -0.3 is 15.1 Å². The molecule has 0 aliphatic rings. The van der Waals surface area contributed by atoms with Gasteiger partial charge in [-0.15, -0.1) is 0 Å². The Morgan fingerprint density at radius 2 is 1.95 bits per heavy atom. The van der Waals surface area contributed by atoms with Crippen LogP contribution >= 0.6 is 0 Å². The standard InChI is InChI=1S/C17H25NO4/c1-4-18(7-8-19)11-14(10-16(20)21)17(22)15-6-5-12(2)9-13(15)3/h5-6,9,14,19H,4,7-8,10-11H2,1-3H3,(H,20,21).